The fraction of sp³-hybridized carbons (Fsp3) is 0.500. The van der Waals surface area contributed by atoms with Gasteiger partial charge in [0.2, 0.25) is 5.91 Å². The van der Waals surface area contributed by atoms with Crippen molar-refractivity contribution >= 4 is 51.6 Å². The average molecular weight is 591 g/mol. The molecule has 0 bridgehead atoms. The SMILES string of the molecule is CCn1c(SCC(=O)Nc2sc3c(c2C(=O)OC(C)C)CCCC3)nnc1C(C)Oc1cc(C)c(Cl)c(C)c1. The number of nitrogens with zero attached hydrogens (tertiary/aromatic N) is 3. The van der Waals surface area contributed by atoms with Crippen LogP contribution in [-0.4, -0.2) is 38.5 Å². The van der Waals surface area contributed by atoms with Crippen LogP contribution in [0, 0.1) is 13.8 Å². The molecule has 1 amide bonds. The molecule has 0 saturated carbocycles. The molecule has 39 heavy (non-hydrogen) atoms. The Hall–Kier alpha value is -2.56. The van der Waals surface area contributed by atoms with Gasteiger partial charge in [-0.1, -0.05) is 23.4 Å². The summed E-state index contributed by atoms with van der Waals surface area (Å²) >= 11 is 9.09. The lowest BCUT2D eigenvalue weighted by Gasteiger charge is -2.17. The number of carbonyl (C=O) groups is 2. The van der Waals surface area contributed by atoms with E-state index in [1.807, 2.05) is 58.2 Å². The van der Waals surface area contributed by atoms with Gasteiger partial charge in [-0.15, -0.1) is 21.5 Å². The van der Waals surface area contributed by atoms with Gasteiger partial charge in [-0.3, -0.25) is 4.79 Å². The number of carbonyl (C=O) groups excluding carboxylic acids is 2. The summed E-state index contributed by atoms with van der Waals surface area (Å²) in [7, 11) is 0. The van der Waals surface area contributed by atoms with E-state index < -0.39 is 0 Å². The van der Waals surface area contributed by atoms with E-state index >= 15 is 0 Å². The Bertz CT molecular complexity index is 1340. The van der Waals surface area contributed by atoms with Gasteiger partial charge in [0.15, 0.2) is 17.1 Å². The van der Waals surface area contributed by atoms with E-state index in [9.17, 15) is 9.59 Å². The number of thiophene rings is 1. The Labute approximate surface area is 242 Å². The summed E-state index contributed by atoms with van der Waals surface area (Å²) < 4.78 is 13.6. The molecule has 210 valence electrons. The maximum absolute atomic E-state index is 13.0. The first-order chi connectivity index (χ1) is 18.6. The number of fused-ring (bicyclic) bond motifs is 1. The highest BCUT2D eigenvalue weighted by molar-refractivity contribution is 7.99. The first-order valence-electron chi connectivity index (χ1n) is 13.2. The van der Waals surface area contributed by atoms with Crippen molar-refractivity contribution in [2.75, 3.05) is 11.1 Å². The zero-order valence-electron chi connectivity index (χ0n) is 23.2. The maximum atomic E-state index is 13.0. The number of anilines is 1. The van der Waals surface area contributed by atoms with Gasteiger partial charge in [-0.2, -0.15) is 0 Å². The van der Waals surface area contributed by atoms with Crippen molar-refractivity contribution in [1.82, 2.24) is 14.8 Å². The number of aromatic nitrogens is 3. The van der Waals surface area contributed by atoms with Crippen molar-refractivity contribution in [1.29, 1.82) is 0 Å². The van der Waals surface area contributed by atoms with Gasteiger partial charge in [0.1, 0.15) is 10.8 Å². The number of thioether (sulfide) groups is 1. The molecule has 0 saturated heterocycles. The number of nitrogens with one attached hydrogen (secondary N) is 1. The molecule has 1 atom stereocenters. The number of rotatable bonds is 10. The second kappa shape index (κ2) is 12.7. The summed E-state index contributed by atoms with van der Waals surface area (Å²) in [6.45, 7) is 12.1. The number of esters is 1. The number of halogens is 1. The molecular weight excluding hydrogens is 556 g/mol. The minimum absolute atomic E-state index is 0.129. The summed E-state index contributed by atoms with van der Waals surface area (Å²) in [6, 6.07) is 3.82. The number of aryl methyl sites for hydroxylation is 3. The van der Waals surface area contributed by atoms with Crippen molar-refractivity contribution in [2.24, 2.45) is 0 Å². The molecule has 2 heterocycles. The van der Waals surface area contributed by atoms with Crippen LogP contribution < -0.4 is 10.1 Å². The molecule has 3 aromatic rings. The molecule has 1 aliphatic rings. The maximum Gasteiger partial charge on any atom is 0.341 e. The van der Waals surface area contributed by atoms with E-state index in [4.69, 9.17) is 21.1 Å². The molecule has 1 aromatic carbocycles. The van der Waals surface area contributed by atoms with Crippen LogP contribution in [0.5, 0.6) is 5.75 Å². The van der Waals surface area contributed by atoms with E-state index in [1.54, 1.807) is 0 Å². The second-order valence-corrected chi connectivity index (χ2v) is 12.3. The smallest absolute Gasteiger partial charge is 0.341 e. The number of benzene rings is 1. The molecule has 0 spiro atoms. The lowest BCUT2D eigenvalue weighted by Crippen LogP contribution is -2.19. The second-order valence-electron chi connectivity index (χ2n) is 9.92. The number of hydrogen-bond donors (Lipinski definition) is 1. The number of hydrogen-bond acceptors (Lipinski definition) is 8. The highest BCUT2D eigenvalue weighted by Gasteiger charge is 2.28. The molecule has 0 radical (unpaired) electrons. The summed E-state index contributed by atoms with van der Waals surface area (Å²) in [5.41, 5.74) is 3.44. The summed E-state index contributed by atoms with van der Waals surface area (Å²) in [5, 5.41) is 13.6. The van der Waals surface area contributed by atoms with Crippen LogP contribution in [-0.2, 0) is 28.9 Å². The van der Waals surface area contributed by atoms with Crippen LogP contribution in [0.4, 0.5) is 5.00 Å². The normalized spacial score (nSPS) is 13.7. The van der Waals surface area contributed by atoms with Crippen LogP contribution in [0.1, 0.15) is 84.4 Å². The van der Waals surface area contributed by atoms with Crippen molar-refractivity contribution in [3.05, 3.63) is 50.1 Å². The lowest BCUT2D eigenvalue weighted by molar-refractivity contribution is -0.113. The average Bonchev–Trinajstić information content (AvgIpc) is 3.46. The third-order valence-electron chi connectivity index (χ3n) is 6.45. The molecular formula is C28H35ClN4O4S2. The lowest BCUT2D eigenvalue weighted by atomic mass is 9.95. The molecule has 8 nitrogen and oxygen atoms in total. The van der Waals surface area contributed by atoms with Crippen LogP contribution in [0.3, 0.4) is 0 Å². The molecule has 0 fully saturated rings. The Morgan fingerprint density at radius 2 is 1.85 bits per heavy atom. The largest absolute Gasteiger partial charge is 0.483 e. The van der Waals surface area contributed by atoms with Gasteiger partial charge in [0, 0.05) is 16.4 Å². The van der Waals surface area contributed by atoms with E-state index in [0.717, 1.165) is 52.3 Å². The topological polar surface area (TPSA) is 95.3 Å². The fourth-order valence-corrected chi connectivity index (χ4v) is 6.88. The predicted octanol–water partition coefficient (Wildman–Crippen LogP) is 6.94. The molecule has 0 aliphatic heterocycles. The first-order valence-corrected chi connectivity index (χ1v) is 15.4. The van der Waals surface area contributed by atoms with Crippen LogP contribution in [0.2, 0.25) is 5.02 Å². The highest BCUT2D eigenvalue weighted by atomic mass is 35.5. The molecule has 1 unspecified atom stereocenters. The van der Waals surface area contributed by atoms with Gasteiger partial charge in [0.25, 0.3) is 0 Å². The van der Waals surface area contributed by atoms with Crippen LogP contribution in [0.25, 0.3) is 0 Å². The van der Waals surface area contributed by atoms with Gasteiger partial charge in [-0.25, -0.2) is 4.79 Å². The standard InChI is InChI=1S/C28H35ClN4O4S2/c1-7-33-25(18(6)37-19-12-16(4)24(29)17(5)13-19)31-32-28(33)38-14-22(34)30-26-23(27(35)36-15(2)3)20-10-8-9-11-21(20)39-26/h12-13,15,18H,7-11,14H2,1-6H3,(H,30,34). The summed E-state index contributed by atoms with van der Waals surface area (Å²) in [5.74, 6) is 0.940. The van der Waals surface area contributed by atoms with Crippen LogP contribution in [0.15, 0.2) is 17.3 Å². The van der Waals surface area contributed by atoms with Crippen molar-refractivity contribution in [3.63, 3.8) is 0 Å². The third kappa shape index (κ3) is 6.78. The molecule has 4 rings (SSSR count). The van der Waals surface area contributed by atoms with Crippen molar-refractivity contribution in [3.8, 4) is 5.75 Å². The zero-order chi connectivity index (χ0) is 28.3. The number of amides is 1. The highest BCUT2D eigenvalue weighted by Crippen LogP contribution is 2.39. The first kappa shape index (κ1) is 29.4. The number of ether oxygens (including phenoxy) is 2. The fourth-order valence-electron chi connectivity index (χ4n) is 4.67. The van der Waals surface area contributed by atoms with Gasteiger partial charge in [0.05, 0.1) is 17.4 Å². The van der Waals surface area contributed by atoms with E-state index in [-0.39, 0.29) is 29.8 Å². The van der Waals surface area contributed by atoms with Crippen LogP contribution >= 0.6 is 34.7 Å². The Morgan fingerprint density at radius 3 is 2.51 bits per heavy atom. The van der Waals surface area contributed by atoms with Crippen molar-refractivity contribution < 1.29 is 19.1 Å². The zero-order valence-corrected chi connectivity index (χ0v) is 25.6. The van der Waals surface area contributed by atoms with Gasteiger partial charge < -0.3 is 19.4 Å². The molecule has 2 aromatic heterocycles. The summed E-state index contributed by atoms with van der Waals surface area (Å²) in [6.07, 6.45) is 3.28. The van der Waals surface area contributed by atoms with Gasteiger partial charge >= 0.3 is 5.97 Å². The molecule has 1 N–H and O–H groups in total. The molecule has 11 heteroatoms. The quantitative estimate of drug-likeness (QED) is 0.202. The van der Waals surface area contributed by atoms with Gasteiger partial charge in [-0.05, 0) is 96.0 Å². The Balaban J connectivity index is 1.44. The van der Waals surface area contributed by atoms with E-state index in [1.165, 1.54) is 23.1 Å². The Morgan fingerprint density at radius 1 is 1.15 bits per heavy atom. The minimum atomic E-state index is -0.372. The van der Waals surface area contributed by atoms with Crippen molar-refractivity contribution in [2.45, 2.75) is 91.1 Å². The monoisotopic (exact) mass is 590 g/mol. The summed E-state index contributed by atoms with van der Waals surface area (Å²) in [4.78, 5) is 27.1. The van der Waals surface area contributed by atoms with E-state index in [0.29, 0.717) is 33.8 Å². The molecule has 1 aliphatic carbocycles. The van der Waals surface area contributed by atoms with E-state index in [2.05, 4.69) is 15.5 Å². The third-order valence-corrected chi connectivity index (χ3v) is 9.22. The predicted molar refractivity (Wildman–Crippen MR) is 157 cm³/mol. The minimum Gasteiger partial charge on any atom is -0.483 e. The Kier molecular flexibility index (Phi) is 9.61.